The average molecular weight is 395 g/mol. The van der Waals surface area contributed by atoms with Crippen molar-refractivity contribution in [2.24, 2.45) is 0 Å². The minimum absolute atomic E-state index is 0.176. The molecule has 0 unspecified atom stereocenters. The first-order valence-electron chi connectivity index (χ1n) is 9.02. The Kier molecular flexibility index (Phi) is 6.66. The van der Waals surface area contributed by atoms with Crippen molar-refractivity contribution in [1.82, 2.24) is 29.5 Å². The number of thiazole rings is 1. The van der Waals surface area contributed by atoms with Crippen molar-refractivity contribution in [1.29, 1.82) is 0 Å². The third-order valence-electron chi connectivity index (χ3n) is 4.43. The predicted molar refractivity (Wildman–Crippen MR) is 104 cm³/mol. The average Bonchev–Trinajstić information content (AvgIpc) is 3.29. The Bertz CT molecular complexity index is 720. The first-order chi connectivity index (χ1) is 12.6. The monoisotopic (exact) mass is 394 g/mol. The van der Waals surface area contributed by atoms with Gasteiger partial charge >= 0.3 is 0 Å². The minimum Gasteiger partial charge on any atom is -0.339 e. The molecular formula is C17H26N6OS2. The van der Waals surface area contributed by atoms with Gasteiger partial charge in [-0.05, 0) is 20.3 Å². The molecule has 1 aliphatic rings. The molecule has 1 fully saturated rings. The van der Waals surface area contributed by atoms with Crippen LogP contribution in [0, 0.1) is 0 Å². The number of carbonyl (C=O) groups excluding carboxylic acids is 1. The topological polar surface area (TPSA) is 67.2 Å². The maximum Gasteiger partial charge on any atom is 0.233 e. The lowest BCUT2D eigenvalue weighted by molar-refractivity contribution is -0.130. The molecule has 0 spiro atoms. The molecule has 142 valence electrons. The van der Waals surface area contributed by atoms with Crippen molar-refractivity contribution < 1.29 is 4.79 Å². The van der Waals surface area contributed by atoms with Gasteiger partial charge in [0.15, 0.2) is 5.16 Å². The van der Waals surface area contributed by atoms with Crippen LogP contribution in [0.15, 0.2) is 16.9 Å². The highest BCUT2D eigenvalue weighted by Crippen LogP contribution is 2.20. The number of aryl methyl sites for hydroxylation is 1. The fourth-order valence-corrected chi connectivity index (χ4v) is 4.56. The summed E-state index contributed by atoms with van der Waals surface area (Å²) in [5, 5.41) is 12.2. The number of hydrogen-bond acceptors (Lipinski definition) is 7. The van der Waals surface area contributed by atoms with Crippen LogP contribution in [0.3, 0.4) is 0 Å². The summed E-state index contributed by atoms with van der Waals surface area (Å²) in [5.41, 5.74) is 1.15. The van der Waals surface area contributed by atoms with Gasteiger partial charge in [-0.15, -0.1) is 21.5 Å². The SMILES string of the molecule is CCc1nc(CN2CCN(C(=O)CSc3nncn3C(C)C)CC2)cs1. The van der Waals surface area contributed by atoms with Crippen molar-refractivity contribution in [3.05, 3.63) is 22.4 Å². The summed E-state index contributed by atoms with van der Waals surface area (Å²) in [6.07, 6.45) is 2.72. The molecule has 2 aromatic heterocycles. The van der Waals surface area contributed by atoms with E-state index in [4.69, 9.17) is 0 Å². The van der Waals surface area contributed by atoms with E-state index >= 15 is 0 Å². The van der Waals surface area contributed by atoms with Gasteiger partial charge in [0, 0.05) is 44.1 Å². The van der Waals surface area contributed by atoms with Crippen molar-refractivity contribution in [2.75, 3.05) is 31.9 Å². The Morgan fingerprint density at radius 2 is 2.08 bits per heavy atom. The van der Waals surface area contributed by atoms with Crippen LogP contribution >= 0.6 is 23.1 Å². The molecule has 1 saturated heterocycles. The summed E-state index contributed by atoms with van der Waals surface area (Å²) in [6, 6.07) is 0.296. The molecule has 0 saturated carbocycles. The summed E-state index contributed by atoms with van der Waals surface area (Å²) in [6.45, 7) is 10.5. The van der Waals surface area contributed by atoms with Gasteiger partial charge in [-0.2, -0.15) is 0 Å². The number of hydrogen-bond donors (Lipinski definition) is 0. The van der Waals surface area contributed by atoms with E-state index in [-0.39, 0.29) is 5.91 Å². The summed E-state index contributed by atoms with van der Waals surface area (Å²) in [4.78, 5) is 21.5. The maximum atomic E-state index is 12.5. The standard InChI is InChI=1S/C17H26N6OS2/c1-4-15-19-14(10-25-15)9-21-5-7-22(8-6-21)16(24)11-26-17-20-18-12-23(17)13(2)3/h10,12-13H,4-9,11H2,1-3H3. The van der Waals surface area contributed by atoms with E-state index in [1.165, 1.54) is 16.8 Å². The quantitative estimate of drug-likeness (QED) is 0.672. The van der Waals surface area contributed by atoms with Crippen LogP contribution in [0.2, 0.25) is 0 Å². The van der Waals surface area contributed by atoms with Crippen LogP contribution in [0.4, 0.5) is 0 Å². The lowest BCUT2D eigenvalue weighted by Crippen LogP contribution is -2.48. The van der Waals surface area contributed by atoms with Crippen molar-refractivity contribution in [3.63, 3.8) is 0 Å². The van der Waals surface area contributed by atoms with Gasteiger partial charge in [0.1, 0.15) is 6.33 Å². The minimum atomic E-state index is 0.176. The Hall–Kier alpha value is -1.45. The van der Waals surface area contributed by atoms with Crippen molar-refractivity contribution in [3.8, 4) is 0 Å². The fourth-order valence-electron chi connectivity index (χ4n) is 2.88. The van der Waals surface area contributed by atoms with Gasteiger partial charge < -0.3 is 9.47 Å². The van der Waals surface area contributed by atoms with Gasteiger partial charge in [0.2, 0.25) is 5.91 Å². The zero-order chi connectivity index (χ0) is 18.5. The number of amides is 1. The molecule has 0 aliphatic carbocycles. The first kappa shape index (κ1) is 19.3. The van der Waals surface area contributed by atoms with Crippen LogP contribution < -0.4 is 0 Å². The highest BCUT2D eigenvalue weighted by Gasteiger charge is 2.22. The summed E-state index contributed by atoms with van der Waals surface area (Å²) in [5.74, 6) is 0.590. The molecule has 0 bridgehead atoms. The molecule has 26 heavy (non-hydrogen) atoms. The number of nitrogens with zero attached hydrogens (tertiary/aromatic N) is 6. The van der Waals surface area contributed by atoms with Gasteiger partial charge in [0.25, 0.3) is 0 Å². The van der Waals surface area contributed by atoms with Crippen LogP contribution in [-0.2, 0) is 17.8 Å². The number of aromatic nitrogens is 4. The second kappa shape index (κ2) is 8.96. The number of thioether (sulfide) groups is 1. The highest BCUT2D eigenvalue weighted by atomic mass is 32.2. The van der Waals surface area contributed by atoms with E-state index in [0.29, 0.717) is 11.8 Å². The molecule has 0 atom stereocenters. The number of rotatable bonds is 7. The van der Waals surface area contributed by atoms with Gasteiger partial charge in [0.05, 0.1) is 16.5 Å². The van der Waals surface area contributed by atoms with Crippen molar-refractivity contribution >= 4 is 29.0 Å². The fraction of sp³-hybridized carbons (Fsp3) is 0.647. The normalized spacial score (nSPS) is 15.8. The number of piperazine rings is 1. The van der Waals surface area contributed by atoms with E-state index in [0.717, 1.165) is 50.0 Å². The first-order valence-corrected chi connectivity index (χ1v) is 10.9. The molecule has 2 aromatic rings. The zero-order valence-corrected chi connectivity index (χ0v) is 17.2. The molecular weight excluding hydrogens is 368 g/mol. The van der Waals surface area contributed by atoms with E-state index in [2.05, 4.69) is 46.2 Å². The Balaban J connectivity index is 1.44. The van der Waals surface area contributed by atoms with E-state index < -0.39 is 0 Å². The Morgan fingerprint density at radius 1 is 1.31 bits per heavy atom. The number of carbonyl (C=O) groups is 1. The summed E-state index contributed by atoms with van der Waals surface area (Å²) in [7, 11) is 0. The summed E-state index contributed by atoms with van der Waals surface area (Å²) < 4.78 is 1.99. The second-order valence-electron chi connectivity index (χ2n) is 6.65. The molecule has 0 N–H and O–H groups in total. The van der Waals surface area contributed by atoms with E-state index in [9.17, 15) is 4.79 Å². The summed E-state index contributed by atoms with van der Waals surface area (Å²) >= 11 is 3.20. The van der Waals surface area contributed by atoms with Crippen LogP contribution in [0.25, 0.3) is 0 Å². The zero-order valence-electron chi connectivity index (χ0n) is 15.6. The molecule has 9 heteroatoms. The van der Waals surface area contributed by atoms with Crippen LogP contribution in [0.1, 0.15) is 37.5 Å². The Morgan fingerprint density at radius 3 is 2.73 bits per heavy atom. The highest BCUT2D eigenvalue weighted by molar-refractivity contribution is 7.99. The largest absolute Gasteiger partial charge is 0.339 e. The molecule has 0 radical (unpaired) electrons. The smallest absolute Gasteiger partial charge is 0.233 e. The third kappa shape index (κ3) is 4.83. The second-order valence-corrected chi connectivity index (χ2v) is 8.53. The van der Waals surface area contributed by atoms with E-state index in [1.807, 2.05) is 9.47 Å². The van der Waals surface area contributed by atoms with Crippen LogP contribution in [0.5, 0.6) is 0 Å². The molecule has 3 heterocycles. The molecule has 1 amide bonds. The van der Waals surface area contributed by atoms with Gasteiger partial charge in [-0.25, -0.2) is 4.98 Å². The van der Waals surface area contributed by atoms with Gasteiger partial charge in [-0.3, -0.25) is 9.69 Å². The molecule has 7 nitrogen and oxygen atoms in total. The predicted octanol–water partition coefficient (Wildman–Crippen LogP) is 2.31. The third-order valence-corrected chi connectivity index (χ3v) is 6.42. The van der Waals surface area contributed by atoms with Gasteiger partial charge in [-0.1, -0.05) is 18.7 Å². The lowest BCUT2D eigenvalue weighted by Gasteiger charge is -2.34. The lowest BCUT2D eigenvalue weighted by atomic mass is 10.3. The molecule has 0 aromatic carbocycles. The molecule has 3 rings (SSSR count). The maximum absolute atomic E-state index is 12.5. The van der Waals surface area contributed by atoms with Crippen molar-refractivity contribution in [2.45, 2.75) is 44.9 Å². The molecule has 1 aliphatic heterocycles. The van der Waals surface area contributed by atoms with E-state index in [1.54, 1.807) is 17.7 Å². The Labute approximate surface area is 162 Å². The van der Waals surface area contributed by atoms with Crippen LogP contribution in [-0.4, -0.2) is 67.4 Å².